The topological polar surface area (TPSA) is 115 Å². The van der Waals surface area contributed by atoms with Gasteiger partial charge < -0.3 is 10.7 Å². The van der Waals surface area contributed by atoms with Gasteiger partial charge in [-0.2, -0.15) is 0 Å². The molecule has 1 aromatic heterocycles. The quantitative estimate of drug-likeness (QED) is 0.614. The largest absolute Gasteiger partial charge is 0.370 e. The van der Waals surface area contributed by atoms with Crippen molar-refractivity contribution in [1.82, 2.24) is 9.55 Å². The molecular weight excluding hydrogens is 214 g/mol. The van der Waals surface area contributed by atoms with Gasteiger partial charge in [0.1, 0.15) is 0 Å². The van der Waals surface area contributed by atoms with Gasteiger partial charge in [0, 0.05) is 19.2 Å². The van der Waals surface area contributed by atoms with Crippen molar-refractivity contribution in [3.63, 3.8) is 0 Å². The van der Waals surface area contributed by atoms with E-state index < -0.39 is 22.9 Å². The van der Waals surface area contributed by atoms with E-state index in [2.05, 4.69) is 4.98 Å². The minimum absolute atomic E-state index is 0.121. The molecule has 0 saturated carbocycles. The summed E-state index contributed by atoms with van der Waals surface area (Å²) in [7, 11) is 0. The lowest BCUT2D eigenvalue weighted by Gasteiger charge is -2.03. The zero-order valence-electron chi connectivity index (χ0n) is 8.65. The van der Waals surface area contributed by atoms with Crippen LogP contribution < -0.4 is 17.0 Å². The van der Waals surface area contributed by atoms with Crippen LogP contribution in [0, 0.1) is 0 Å². The number of carbonyl (C=O) groups excluding carboxylic acids is 2. The third kappa shape index (κ3) is 2.44. The molecule has 0 radical (unpaired) electrons. The normalized spacial score (nSPS) is 10.1. The Morgan fingerprint density at radius 3 is 2.56 bits per heavy atom. The molecule has 1 aromatic rings. The Morgan fingerprint density at radius 1 is 1.44 bits per heavy atom. The lowest BCUT2D eigenvalue weighted by atomic mass is 10.2. The summed E-state index contributed by atoms with van der Waals surface area (Å²) in [5.74, 6) is -1.08. The fourth-order valence-electron chi connectivity index (χ4n) is 1.19. The predicted octanol–water partition coefficient (Wildman–Crippen LogP) is -1.39. The maximum atomic E-state index is 11.6. The van der Waals surface area contributed by atoms with Crippen LogP contribution in [-0.4, -0.2) is 21.2 Å². The standard InChI is InChI=1S/C9H11N3O4/c1-5(13)6-4-11-9(16)12(8(6)15)3-2-7(10)14/h4H,2-3H2,1H3,(H2,10,14)(H,11,16). The molecule has 0 aromatic carbocycles. The van der Waals surface area contributed by atoms with Crippen LogP contribution in [0.4, 0.5) is 0 Å². The van der Waals surface area contributed by atoms with Crippen LogP contribution in [0.15, 0.2) is 15.8 Å². The van der Waals surface area contributed by atoms with E-state index in [0.717, 1.165) is 10.8 Å². The minimum Gasteiger partial charge on any atom is -0.370 e. The molecule has 0 bridgehead atoms. The zero-order valence-corrected chi connectivity index (χ0v) is 8.65. The molecule has 1 rings (SSSR count). The zero-order chi connectivity index (χ0) is 12.3. The van der Waals surface area contributed by atoms with Crippen LogP contribution in [0.2, 0.25) is 0 Å². The van der Waals surface area contributed by atoms with Gasteiger partial charge in [0.05, 0.1) is 5.56 Å². The number of amides is 1. The number of nitrogens with one attached hydrogen (secondary N) is 1. The molecule has 0 unspecified atom stereocenters. The fourth-order valence-corrected chi connectivity index (χ4v) is 1.19. The molecule has 1 heterocycles. The number of nitrogens with two attached hydrogens (primary N) is 1. The van der Waals surface area contributed by atoms with Gasteiger partial charge in [-0.15, -0.1) is 0 Å². The van der Waals surface area contributed by atoms with E-state index in [9.17, 15) is 19.2 Å². The van der Waals surface area contributed by atoms with Crippen LogP contribution in [0.3, 0.4) is 0 Å². The van der Waals surface area contributed by atoms with Crippen molar-refractivity contribution in [1.29, 1.82) is 0 Å². The number of aromatic nitrogens is 2. The summed E-state index contributed by atoms with van der Waals surface area (Å²) in [6.45, 7) is 1.08. The smallest absolute Gasteiger partial charge is 0.328 e. The molecule has 16 heavy (non-hydrogen) atoms. The van der Waals surface area contributed by atoms with Crippen LogP contribution >= 0.6 is 0 Å². The summed E-state index contributed by atoms with van der Waals surface area (Å²) < 4.78 is 0.779. The van der Waals surface area contributed by atoms with Gasteiger partial charge in [0.25, 0.3) is 5.56 Å². The average molecular weight is 225 g/mol. The van der Waals surface area contributed by atoms with Gasteiger partial charge in [-0.3, -0.25) is 19.0 Å². The third-order valence-corrected chi connectivity index (χ3v) is 2.02. The average Bonchev–Trinajstić information content (AvgIpc) is 2.16. The molecule has 0 spiro atoms. The number of primary amides is 1. The van der Waals surface area contributed by atoms with Gasteiger partial charge in [-0.05, 0) is 6.92 Å². The molecule has 7 heteroatoms. The first kappa shape index (κ1) is 11.9. The summed E-state index contributed by atoms with van der Waals surface area (Å²) >= 11 is 0. The minimum atomic E-state index is -0.711. The van der Waals surface area contributed by atoms with Gasteiger partial charge in [-0.25, -0.2) is 4.79 Å². The Kier molecular flexibility index (Phi) is 3.39. The second-order valence-corrected chi connectivity index (χ2v) is 3.24. The van der Waals surface area contributed by atoms with Crippen molar-refractivity contribution in [2.45, 2.75) is 19.9 Å². The highest BCUT2D eigenvalue weighted by atomic mass is 16.2. The van der Waals surface area contributed by atoms with Gasteiger partial charge in [0.15, 0.2) is 5.78 Å². The SMILES string of the molecule is CC(=O)c1c[nH]c(=O)n(CCC(N)=O)c1=O. The lowest BCUT2D eigenvalue weighted by molar-refractivity contribution is -0.118. The molecule has 0 aliphatic carbocycles. The van der Waals surface area contributed by atoms with Crippen LogP contribution in [0.1, 0.15) is 23.7 Å². The first-order valence-corrected chi connectivity index (χ1v) is 4.55. The van der Waals surface area contributed by atoms with Gasteiger partial charge in [-0.1, -0.05) is 0 Å². The molecule has 3 N–H and O–H groups in total. The Labute approximate surface area is 89.9 Å². The second kappa shape index (κ2) is 4.56. The lowest BCUT2D eigenvalue weighted by Crippen LogP contribution is -2.38. The third-order valence-electron chi connectivity index (χ3n) is 2.02. The van der Waals surface area contributed by atoms with E-state index in [4.69, 9.17) is 5.73 Å². The molecule has 1 amide bonds. The van der Waals surface area contributed by atoms with Crippen LogP contribution in [0.25, 0.3) is 0 Å². The fraction of sp³-hybridized carbons (Fsp3) is 0.333. The molecule has 0 aliphatic heterocycles. The Morgan fingerprint density at radius 2 is 2.06 bits per heavy atom. The number of ketones is 1. The number of rotatable bonds is 4. The van der Waals surface area contributed by atoms with E-state index in [1.54, 1.807) is 0 Å². The van der Waals surface area contributed by atoms with Gasteiger partial charge in [0.2, 0.25) is 5.91 Å². The number of H-pyrrole nitrogens is 1. The molecule has 0 aliphatic rings. The Hall–Kier alpha value is -2.18. The van der Waals surface area contributed by atoms with Crippen molar-refractivity contribution < 1.29 is 9.59 Å². The number of carbonyl (C=O) groups is 2. The predicted molar refractivity (Wildman–Crippen MR) is 55.1 cm³/mol. The molecular formula is C9H11N3O4. The number of Topliss-reactive ketones (excluding diaryl/α,β-unsaturated/α-hetero) is 1. The van der Waals surface area contributed by atoms with E-state index in [1.165, 1.54) is 6.92 Å². The number of hydrogen-bond acceptors (Lipinski definition) is 4. The van der Waals surface area contributed by atoms with Crippen LogP contribution in [0.5, 0.6) is 0 Å². The Balaban J connectivity index is 3.22. The maximum absolute atomic E-state index is 11.6. The second-order valence-electron chi connectivity index (χ2n) is 3.24. The monoisotopic (exact) mass is 225 g/mol. The van der Waals surface area contributed by atoms with E-state index in [-0.39, 0.29) is 18.5 Å². The van der Waals surface area contributed by atoms with E-state index >= 15 is 0 Å². The number of hydrogen-bond donors (Lipinski definition) is 2. The van der Waals surface area contributed by atoms with E-state index in [1.807, 2.05) is 0 Å². The highest BCUT2D eigenvalue weighted by Crippen LogP contribution is 1.88. The highest BCUT2D eigenvalue weighted by molar-refractivity contribution is 5.93. The molecule has 0 fully saturated rings. The summed E-state index contributed by atoms with van der Waals surface area (Å²) in [5.41, 5.74) is 3.40. The van der Waals surface area contributed by atoms with Crippen molar-refractivity contribution in [2.75, 3.05) is 0 Å². The summed E-state index contributed by atoms with van der Waals surface area (Å²) in [6, 6.07) is 0. The van der Waals surface area contributed by atoms with Crippen molar-refractivity contribution in [3.8, 4) is 0 Å². The Bertz CT molecular complexity index is 540. The van der Waals surface area contributed by atoms with Crippen molar-refractivity contribution >= 4 is 11.7 Å². The maximum Gasteiger partial charge on any atom is 0.328 e. The van der Waals surface area contributed by atoms with Crippen molar-refractivity contribution in [2.24, 2.45) is 5.73 Å². The first-order chi connectivity index (χ1) is 7.43. The summed E-state index contributed by atoms with van der Waals surface area (Å²) in [5, 5.41) is 0. The first-order valence-electron chi connectivity index (χ1n) is 4.55. The molecule has 0 atom stereocenters. The van der Waals surface area contributed by atoms with Crippen molar-refractivity contribution in [3.05, 3.63) is 32.6 Å². The van der Waals surface area contributed by atoms with Gasteiger partial charge >= 0.3 is 5.69 Å². The van der Waals surface area contributed by atoms with Crippen LogP contribution in [-0.2, 0) is 11.3 Å². The summed E-state index contributed by atoms with van der Waals surface area (Å²) in [6.07, 6.45) is 0.929. The molecule has 7 nitrogen and oxygen atoms in total. The van der Waals surface area contributed by atoms with E-state index in [0.29, 0.717) is 0 Å². The molecule has 0 saturated heterocycles. The number of nitrogens with zero attached hydrogens (tertiary/aromatic N) is 1. The highest BCUT2D eigenvalue weighted by Gasteiger charge is 2.11. The summed E-state index contributed by atoms with van der Waals surface area (Å²) in [4.78, 5) is 46.7. The molecule has 86 valence electrons. The number of aromatic amines is 1.